The molecule has 2 aromatic rings. The lowest BCUT2D eigenvalue weighted by Gasteiger charge is -2.66. The monoisotopic (exact) mass is 574 g/mol. The second-order valence-corrected chi connectivity index (χ2v) is 20.0. The van der Waals surface area contributed by atoms with Gasteiger partial charge in [0.2, 0.25) is 8.32 Å². The highest BCUT2D eigenvalue weighted by atomic mass is 28.4. The first-order valence-electron chi connectivity index (χ1n) is 16.0. The molecule has 6 atom stereocenters. The third kappa shape index (κ3) is 3.81. The topological polar surface area (TPSA) is 32.8 Å². The highest BCUT2D eigenvalue weighted by Gasteiger charge is 2.76. The fourth-order valence-corrected chi connectivity index (χ4v) is 11.1. The molecule has 2 aliphatic heterocycles. The van der Waals surface area contributed by atoms with Gasteiger partial charge in [-0.25, -0.2) is 0 Å². The molecule has 0 radical (unpaired) electrons. The van der Waals surface area contributed by atoms with Gasteiger partial charge < -0.3 is 9.33 Å². The molecule has 1 amide bonds. The van der Waals surface area contributed by atoms with Crippen molar-refractivity contribution in [3.63, 3.8) is 0 Å². The van der Waals surface area contributed by atoms with Crippen molar-refractivity contribution in [2.75, 3.05) is 26.3 Å². The quantitative estimate of drug-likeness (QED) is 0.341. The Balaban J connectivity index is 1.33. The molecule has 5 aliphatic rings. The number of fused-ring (bicyclic) bond motifs is 1. The number of likely N-dealkylation sites (tertiary alicyclic amines) is 2. The van der Waals surface area contributed by atoms with Crippen LogP contribution in [0.1, 0.15) is 74.4 Å². The van der Waals surface area contributed by atoms with Gasteiger partial charge in [0, 0.05) is 36.2 Å². The van der Waals surface area contributed by atoms with Crippen LogP contribution in [-0.4, -0.2) is 62.4 Å². The van der Waals surface area contributed by atoms with Crippen LogP contribution in [0.5, 0.6) is 5.75 Å². The predicted molar refractivity (Wildman–Crippen MR) is 165 cm³/mol. The van der Waals surface area contributed by atoms with Crippen LogP contribution in [0.4, 0.5) is 4.39 Å². The van der Waals surface area contributed by atoms with E-state index in [2.05, 4.69) is 61.9 Å². The van der Waals surface area contributed by atoms with E-state index in [9.17, 15) is 9.18 Å². The van der Waals surface area contributed by atoms with E-state index in [-0.39, 0.29) is 34.5 Å². The third-order valence-corrected chi connectivity index (χ3v) is 17.0. The molecule has 0 spiro atoms. The molecule has 4 nitrogen and oxygen atoms in total. The molecule has 5 unspecified atom stereocenters. The summed E-state index contributed by atoms with van der Waals surface area (Å²) in [5.74, 6) is 2.25. The molecule has 2 saturated carbocycles. The number of hydrogen-bond donors (Lipinski definition) is 0. The van der Waals surface area contributed by atoms with Crippen LogP contribution in [0.3, 0.4) is 0 Å². The summed E-state index contributed by atoms with van der Waals surface area (Å²) in [7, 11) is -1.99. The second-order valence-electron chi connectivity index (χ2n) is 15.3. The summed E-state index contributed by atoms with van der Waals surface area (Å²) >= 11 is 0. The Hall–Kier alpha value is -2.18. The smallest absolute Gasteiger partial charge is 0.254 e. The molecule has 4 fully saturated rings. The van der Waals surface area contributed by atoms with Crippen molar-refractivity contribution < 1.29 is 13.6 Å². The lowest BCUT2D eigenvalue weighted by atomic mass is 9.43. The molecule has 4 bridgehead atoms. The number of carbonyl (C=O) groups excluding carboxylic acids is 1. The normalized spacial score (nSPS) is 33.9. The van der Waals surface area contributed by atoms with Crippen molar-refractivity contribution in [1.82, 2.24) is 9.80 Å². The summed E-state index contributed by atoms with van der Waals surface area (Å²) in [4.78, 5) is 18.8. The number of piperidine rings is 1. The van der Waals surface area contributed by atoms with Gasteiger partial charge in [-0.1, -0.05) is 45.0 Å². The highest BCUT2D eigenvalue weighted by molar-refractivity contribution is 6.74. The fourth-order valence-electron chi connectivity index (χ4n) is 10.1. The fraction of sp³-hybridized carbons (Fsp3) is 0.629. The third-order valence-electron chi connectivity index (χ3n) is 12.6. The summed E-state index contributed by atoms with van der Waals surface area (Å²) < 4.78 is 20.3. The van der Waals surface area contributed by atoms with Crippen LogP contribution >= 0.6 is 0 Å². The Kier molecular flexibility index (Phi) is 6.34. The summed E-state index contributed by atoms with van der Waals surface area (Å²) in [6.45, 7) is 14.1. The van der Waals surface area contributed by atoms with Crippen molar-refractivity contribution in [3.05, 3.63) is 65.2 Å². The minimum Gasteiger partial charge on any atom is -0.543 e. The Labute approximate surface area is 246 Å². The lowest BCUT2D eigenvalue weighted by molar-refractivity contribution is -0.101. The van der Waals surface area contributed by atoms with Gasteiger partial charge in [0.05, 0.1) is 6.67 Å². The van der Waals surface area contributed by atoms with Gasteiger partial charge in [-0.05, 0) is 116 Å². The molecule has 0 N–H and O–H groups in total. The number of amides is 1. The van der Waals surface area contributed by atoms with Crippen molar-refractivity contribution in [1.29, 1.82) is 0 Å². The van der Waals surface area contributed by atoms with Gasteiger partial charge in [0.25, 0.3) is 5.91 Å². The molecule has 3 aliphatic carbocycles. The first-order valence-corrected chi connectivity index (χ1v) is 18.9. The van der Waals surface area contributed by atoms with E-state index >= 15 is 0 Å². The van der Waals surface area contributed by atoms with E-state index in [0.717, 1.165) is 56.6 Å². The van der Waals surface area contributed by atoms with E-state index in [4.69, 9.17) is 4.43 Å². The number of hydrogen-bond acceptors (Lipinski definition) is 3. The zero-order valence-corrected chi connectivity index (χ0v) is 26.6. The molecular formula is C35H47FN2O2Si. The largest absolute Gasteiger partial charge is 0.543 e. The minimum atomic E-state index is -1.99. The first-order chi connectivity index (χ1) is 19.5. The number of halogens is 1. The van der Waals surface area contributed by atoms with Crippen LogP contribution < -0.4 is 4.43 Å². The number of nitrogens with zero attached hydrogens (tertiary/aromatic N) is 2. The van der Waals surface area contributed by atoms with Crippen molar-refractivity contribution in [2.45, 2.75) is 94.9 Å². The van der Waals surface area contributed by atoms with Crippen LogP contribution in [0.25, 0.3) is 0 Å². The van der Waals surface area contributed by atoms with Crippen molar-refractivity contribution in [3.8, 4) is 5.75 Å². The van der Waals surface area contributed by atoms with Gasteiger partial charge in [0.1, 0.15) is 5.75 Å². The zero-order chi connectivity index (χ0) is 28.8. The van der Waals surface area contributed by atoms with Crippen LogP contribution in [0.15, 0.2) is 48.5 Å². The summed E-state index contributed by atoms with van der Waals surface area (Å²) in [5, 5.41) is 0.135. The highest BCUT2D eigenvalue weighted by Crippen LogP contribution is 2.75. The van der Waals surface area contributed by atoms with E-state index in [1.165, 1.54) is 17.5 Å². The number of carbonyl (C=O) groups is 1. The van der Waals surface area contributed by atoms with Crippen LogP contribution in [-0.2, 0) is 11.8 Å². The first kappa shape index (κ1) is 27.6. The van der Waals surface area contributed by atoms with E-state index < -0.39 is 8.32 Å². The predicted octanol–water partition coefficient (Wildman–Crippen LogP) is 7.24. The Morgan fingerprint density at radius 2 is 1.90 bits per heavy atom. The minimum absolute atomic E-state index is 0.0591. The Morgan fingerprint density at radius 1 is 1.12 bits per heavy atom. The van der Waals surface area contributed by atoms with E-state index in [1.54, 1.807) is 0 Å². The molecule has 41 heavy (non-hydrogen) atoms. The van der Waals surface area contributed by atoms with Gasteiger partial charge in [-0.15, -0.1) is 0 Å². The summed E-state index contributed by atoms with van der Waals surface area (Å²) in [6, 6.07) is 17.7. The van der Waals surface area contributed by atoms with Gasteiger partial charge in [-0.3, -0.25) is 14.1 Å². The summed E-state index contributed by atoms with van der Waals surface area (Å²) in [5.41, 5.74) is 4.07. The molecule has 2 heterocycles. The average molecular weight is 575 g/mol. The Bertz CT molecular complexity index is 1340. The maximum absolute atomic E-state index is 13.9. The van der Waals surface area contributed by atoms with Crippen molar-refractivity contribution >= 4 is 14.2 Å². The molecular weight excluding hydrogens is 527 g/mol. The number of alkyl halides is 1. The number of benzene rings is 2. The average Bonchev–Trinajstić information content (AvgIpc) is 3.38. The van der Waals surface area contributed by atoms with Crippen LogP contribution in [0, 0.1) is 17.3 Å². The molecule has 6 heteroatoms. The Morgan fingerprint density at radius 3 is 2.63 bits per heavy atom. The van der Waals surface area contributed by atoms with Crippen molar-refractivity contribution in [2.24, 2.45) is 17.3 Å². The van der Waals surface area contributed by atoms with Gasteiger partial charge in [-0.2, -0.15) is 0 Å². The van der Waals surface area contributed by atoms with Gasteiger partial charge >= 0.3 is 0 Å². The molecule has 0 aromatic heterocycles. The molecule has 2 saturated heterocycles. The molecule has 2 aromatic carbocycles. The molecule has 7 rings (SSSR count). The van der Waals surface area contributed by atoms with E-state index in [0.29, 0.717) is 24.3 Å². The number of rotatable bonds is 6. The summed E-state index contributed by atoms with van der Waals surface area (Å²) in [6.07, 6.45) is 6.23. The maximum atomic E-state index is 13.9. The van der Waals surface area contributed by atoms with Gasteiger partial charge in [0.15, 0.2) is 0 Å². The zero-order valence-electron chi connectivity index (χ0n) is 25.6. The maximum Gasteiger partial charge on any atom is 0.254 e. The SMILES string of the molecule is CC(C)(C)[Si](C)(C)Oc1ccc2c(c1)C13CCN(CCCF)C(C2)C12CCC1C3[C@@H](CN1C(=O)c1ccccc1)C2. The van der Waals surface area contributed by atoms with Crippen LogP contribution in [0.2, 0.25) is 18.1 Å². The standard InChI is InChI=1S/C35H47FN2O2Si/c1-33(2,3)41(4,5)40-27-13-12-25-20-30-34-15-14-29-31(35(34,28(25)21-27)16-19-37(30)18-9-17-36)26(22-34)23-38(29)32(39)24-10-7-6-8-11-24/h6-8,10-13,21,26,29-31H,9,14-20,22-23H2,1-5H3/t26-,29?,30?,31?,34?,35?/m1/s1. The molecule has 220 valence electrons. The van der Waals surface area contributed by atoms with E-state index in [1.807, 2.05) is 30.3 Å². The lowest BCUT2D eigenvalue weighted by Crippen LogP contribution is -2.69. The second kappa shape index (κ2) is 9.41.